The molecule has 0 aromatic heterocycles. The van der Waals surface area contributed by atoms with E-state index in [2.05, 4.69) is 4.84 Å². The second kappa shape index (κ2) is 5.68. The van der Waals surface area contributed by atoms with Crippen LogP contribution in [0.5, 0.6) is 0 Å². The first-order chi connectivity index (χ1) is 8.75. The lowest BCUT2D eigenvalue weighted by Gasteiger charge is -2.09. The Labute approximate surface area is 105 Å². The van der Waals surface area contributed by atoms with E-state index in [0.717, 1.165) is 0 Å². The molecule has 1 rings (SSSR count). The van der Waals surface area contributed by atoms with Crippen LogP contribution in [-0.2, 0) is 15.8 Å². The first-order valence-electron chi connectivity index (χ1n) is 5.12. The van der Waals surface area contributed by atoms with Gasteiger partial charge >= 0.3 is 12.1 Å². The number of halogens is 4. The Morgan fingerprint density at radius 1 is 1.32 bits per heavy atom. The minimum atomic E-state index is -4.71. The molecular formula is C11H9F4NO3. The van der Waals surface area contributed by atoms with Crippen molar-refractivity contribution in [3.8, 4) is 0 Å². The molecule has 1 N–H and O–H groups in total. The number of hydrogen-bond acceptors (Lipinski definition) is 3. The molecule has 4 nitrogen and oxygen atoms in total. The maximum Gasteiger partial charge on any atom is 0.416 e. The Morgan fingerprint density at radius 3 is 2.47 bits per heavy atom. The van der Waals surface area contributed by atoms with Crippen molar-refractivity contribution in [3.05, 3.63) is 35.1 Å². The van der Waals surface area contributed by atoms with E-state index in [4.69, 9.17) is 0 Å². The minimum absolute atomic E-state index is 0.0502. The molecule has 0 radical (unpaired) electrons. The summed E-state index contributed by atoms with van der Waals surface area (Å²) in [5.74, 6) is -3.23. The van der Waals surface area contributed by atoms with Crippen LogP contribution in [0.25, 0.3) is 0 Å². The van der Waals surface area contributed by atoms with Gasteiger partial charge in [0, 0.05) is 6.42 Å². The molecule has 0 aliphatic carbocycles. The largest absolute Gasteiger partial charge is 0.416 e. The summed E-state index contributed by atoms with van der Waals surface area (Å²) in [7, 11) is 0. The van der Waals surface area contributed by atoms with Gasteiger partial charge in [0.1, 0.15) is 5.82 Å². The summed E-state index contributed by atoms with van der Waals surface area (Å²) in [5.41, 5.74) is -0.469. The summed E-state index contributed by atoms with van der Waals surface area (Å²) in [4.78, 5) is 26.3. The van der Waals surface area contributed by atoms with Crippen molar-refractivity contribution in [2.75, 3.05) is 0 Å². The monoisotopic (exact) mass is 279 g/mol. The third kappa shape index (κ3) is 3.94. The van der Waals surface area contributed by atoms with Gasteiger partial charge in [-0.25, -0.2) is 9.18 Å². The molecule has 0 bridgehead atoms. The molecule has 0 atom stereocenters. The highest BCUT2D eigenvalue weighted by atomic mass is 19.4. The zero-order valence-electron chi connectivity index (χ0n) is 9.68. The Hall–Kier alpha value is -2.12. The average molecular weight is 279 g/mol. The second-order valence-corrected chi connectivity index (χ2v) is 3.45. The number of carbonyl (C=O) groups is 2. The van der Waals surface area contributed by atoms with Crippen molar-refractivity contribution >= 4 is 11.9 Å². The van der Waals surface area contributed by atoms with Crippen molar-refractivity contribution in [1.82, 2.24) is 5.48 Å². The molecule has 0 aliphatic rings. The SMILES string of the molecule is CCC(=O)ONC(=O)c1cc(C(F)(F)F)ccc1F. The van der Waals surface area contributed by atoms with Gasteiger partial charge in [-0.15, -0.1) is 0 Å². The van der Waals surface area contributed by atoms with Crippen LogP contribution in [0.2, 0.25) is 0 Å². The molecule has 0 heterocycles. The highest BCUT2D eigenvalue weighted by Gasteiger charge is 2.32. The van der Waals surface area contributed by atoms with Crippen LogP contribution in [0, 0.1) is 5.82 Å². The summed E-state index contributed by atoms with van der Waals surface area (Å²) >= 11 is 0. The summed E-state index contributed by atoms with van der Waals surface area (Å²) in [6.45, 7) is 1.44. The Bertz CT molecular complexity index is 499. The predicted octanol–water partition coefficient (Wildman–Crippen LogP) is 2.44. The lowest BCUT2D eigenvalue weighted by molar-refractivity contribution is -0.148. The van der Waals surface area contributed by atoms with Crippen LogP contribution >= 0.6 is 0 Å². The quantitative estimate of drug-likeness (QED) is 0.668. The molecule has 0 saturated heterocycles. The molecular weight excluding hydrogens is 270 g/mol. The summed E-state index contributed by atoms with van der Waals surface area (Å²) in [6.07, 6.45) is -4.76. The second-order valence-electron chi connectivity index (χ2n) is 3.45. The molecule has 0 spiro atoms. The smallest absolute Gasteiger partial charge is 0.341 e. The highest BCUT2D eigenvalue weighted by Crippen LogP contribution is 2.30. The van der Waals surface area contributed by atoms with Crippen LogP contribution in [-0.4, -0.2) is 11.9 Å². The van der Waals surface area contributed by atoms with Crippen molar-refractivity contribution < 1.29 is 32.0 Å². The zero-order chi connectivity index (χ0) is 14.6. The van der Waals surface area contributed by atoms with E-state index in [0.29, 0.717) is 18.2 Å². The van der Waals surface area contributed by atoms with Crippen LogP contribution in [0.4, 0.5) is 17.6 Å². The summed E-state index contributed by atoms with van der Waals surface area (Å²) < 4.78 is 50.4. The maximum atomic E-state index is 13.2. The maximum absolute atomic E-state index is 13.2. The molecule has 1 aromatic carbocycles. The van der Waals surface area contributed by atoms with Gasteiger partial charge < -0.3 is 4.84 Å². The number of carbonyl (C=O) groups excluding carboxylic acids is 2. The van der Waals surface area contributed by atoms with Gasteiger partial charge in [0.25, 0.3) is 5.91 Å². The van der Waals surface area contributed by atoms with E-state index >= 15 is 0 Å². The summed E-state index contributed by atoms with van der Waals surface area (Å²) in [5, 5.41) is 0. The average Bonchev–Trinajstić information content (AvgIpc) is 2.34. The fourth-order valence-corrected chi connectivity index (χ4v) is 1.11. The third-order valence-corrected chi connectivity index (χ3v) is 2.08. The lowest BCUT2D eigenvalue weighted by Crippen LogP contribution is -2.27. The first-order valence-corrected chi connectivity index (χ1v) is 5.12. The molecule has 19 heavy (non-hydrogen) atoms. The molecule has 0 unspecified atom stereocenters. The van der Waals surface area contributed by atoms with Crippen molar-refractivity contribution in [1.29, 1.82) is 0 Å². The normalized spacial score (nSPS) is 11.0. The van der Waals surface area contributed by atoms with Crippen molar-refractivity contribution in [3.63, 3.8) is 0 Å². The van der Waals surface area contributed by atoms with Gasteiger partial charge in [0.2, 0.25) is 0 Å². The standard InChI is InChI=1S/C11H9F4NO3/c1-2-9(17)19-16-10(18)7-5-6(11(13,14)15)3-4-8(7)12/h3-5H,2H2,1H3,(H,16,18). The molecule has 0 fully saturated rings. The Morgan fingerprint density at radius 2 is 1.95 bits per heavy atom. The van der Waals surface area contributed by atoms with Gasteiger partial charge in [0.15, 0.2) is 0 Å². The van der Waals surface area contributed by atoms with Crippen LogP contribution in [0.3, 0.4) is 0 Å². The molecule has 0 saturated carbocycles. The zero-order valence-corrected chi connectivity index (χ0v) is 9.68. The Balaban J connectivity index is 2.93. The summed E-state index contributed by atoms with van der Waals surface area (Å²) in [6, 6.07) is 1.36. The minimum Gasteiger partial charge on any atom is -0.341 e. The van der Waals surface area contributed by atoms with Gasteiger partial charge in [-0.2, -0.15) is 18.7 Å². The third-order valence-electron chi connectivity index (χ3n) is 2.08. The van der Waals surface area contributed by atoms with Gasteiger partial charge in [0.05, 0.1) is 11.1 Å². The molecule has 104 valence electrons. The lowest BCUT2D eigenvalue weighted by atomic mass is 10.1. The molecule has 0 aliphatic heterocycles. The van der Waals surface area contributed by atoms with E-state index in [-0.39, 0.29) is 6.42 Å². The molecule has 1 aromatic rings. The molecule has 1 amide bonds. The van der Waals surface area contributed by atoms with Crippen LogP contribution in [0.1, 0.15) is 29.3 Å². The number of hydrogen-bond donors (Lipinski definition) is 1. The van der Waals surface area contributed by atoms with Crippen LogP contribution in [0.15, 0.2) is 18.2 Å². The number of hydroxylamine groups is 1. The van der Waals surface area contributed by atoms with E-state index in [9.17, 15) is 27.2 Å². The van der Waals surface area contributed by atoms with Crippen LogP contribution < -0.4 is 5.48 Å². The van der Waals surface area contributed by atoms with E-state index in [1.165, 1.54) is 6.92 Å². The van der Waals surface area contributed by atoms with Crippen molar-refractivity contribution in [2.24, 2.45) is 0 Å². The molecule has 8 heteroatoms. The Kier molecular flexibility index (Phi) is 4.47. The number of benzene rings is 1. The fraction of sp³-hybridized carbons (Fsp3) is 0.273. The van der Waals surface area contributed by atoms with E-state index < -0.39 is 35.0 Å². The van der Waals surface area contributed by atoms with E-state index in [1.54, 1.807) is 5.48 Å². The highest BCUT2D eigenvalue weighted by molar-refractivity contribution is 5.94. The number of rotatable bonds is 2. The van der Waals surface area contributed by atoms with Gasteiger partial charge in [-0.1, -0.05) is 6.92 Å². The van der Waals surface area contributed by atoms with Gasteiger partial charge in [-0.3, -0.25) is 4.79 Å². The number of nitrogens with one attached hydrogen (secondary N) is 1. The fourth-order valence-electron chi connectivity index (χ4n) is 1.11. The first kappa shape index (κ1) is 14.9. The number of alkyl halides is 3. The number of amides is 1. The van der Waals surface area contributed by atoms with E-state index in [1.807, 2.05) is 0 Å². The van der Waals surface area contributed by atoms with Gasteiger partial charge in [-0.05, 0) is 18.2 Å². The van der Waals surface area contributed by atoms with Crippen molar-refractivity contribution in [2.45, 2.75) is 19.5 Å². The predicted molar refractivity (Wildman–Crippen MR) is 55.3 cm³/mol. The topological polar surface area (TPSA) is 55.4 Å².